The lowest BCUT2D eigenvalue weighted by atomic mass is 9.95. The van der Waals surface area contributed by atoms with Crippen molar-refractivity contribution in [1.82, 2.24) is 10.2 Å². The second-order valence-electron chi connectivity index (χ2n) is 7.89. The summed E-state index contributed by atoms with van der Waals surface area (Å²) in [5, 5.41) is 3.67. The Morgan fingerprint density at radius 2 is 1.81 bits per heavy atom. The molecule has 0 unspecified atom stereocenters. The zero-order chi connectivity index (χ0) is 22.2. The van der Waals surface area contributed by atoms with E-state index < -0.39 is 17.8 Å². The van der Waals surface area contributed by atoms with Gasteiger partial charge in [-0.25, -0.2) is 4.39 Å². The van der Waals surface area contributed by atoms with Crippen LogP contribution in [0.4, 0.5) is 4.39 Å². The third-order valence-corrected chi connectivity index (χ3v) is 5.82. The van der Waals surface area contributed by atoms with Crippen LogP contribution < -0.4 is 10.1 Å². The number of carbonyl (C=O) groups excluding carboxylic acids is 2. The molecular weight excluding hydrogens is 419 g/mol. The molecule has 2 aromatic carbocycles. The van der Waals surface area contributed by atoms with Gasteiger partial charge in [-0.15, -0.1) is 0 Å². The van der Waals surface area contributed by atoms with Gasteiger partial charge in [0.2, 0.25) is 5.91 Å². The number of carbonyl (C=O) groups is 2. The van der Waals surface area contributed by atoms with Crippen LogP contribution in [-0.2, 0) is 16.1 Å². The highest BCUT2D eigenvalue weighted by Gasteiger charge is 2.28. The number of hydrogen-bond donors (Lipinski definition) is 1. The number of nitrogens with zero attached hydrogens (tertiary/aromatic N) is 1. The van der Waals surface area contributed by atoms with Crippen LogP contribution in [0.15, 0.2) is 48.5 Å². The van der Waals surface area contributed by atoms with Crippen LogP contribution in [-0.4, -0.2) is 35.4 Å². The molecule has 0 spiro atoms. The van der Waals surface area contributed by atoms with Gasteiger partial charge in [-0.3, -0.25) is 9.59 Å². The summed E-state index contributed by atoms with van der Waals surface area (Å²) in [5.41, 5.74) is 0.834. The van der Waals surface area contributed by atoms with Crippen molar-refractivity contribution in [2.75, 3.05) is 6.61 Å². The molecule has 0 aliphatic heterocycles. The summed E-state index contributed by atoms with van der Waals surface area (Å²) in [4.78, 5) is 27.4. The molecular formula is C24H28ClFN2O3. The van der Waals surface area contributed by atoms with E-state index in [1.54, 1.807) is 31.2 Å². The van der Waals surface area contributed by atoms with Crippen LogP contribution in [0, 0.1) is 5.82 Å². The van der Waals surface area contributed by atoms with Crippen molar-refractivity contribution in [3.05, 3.63) is 64.9 Å². The Bertz CT molecular complexity index is 885. The maximum atomic E-state index is 13.8. The molecule has 1 fully saturated rings. The average Bonchev–Trinajstić information content (AvgIpc) is 2.78. The predicted octanol–water partition coefficient (Wildman–Crippen LogP) is 4.72. The molecule has 31 heavy (non-hydrogen) atoms. The lowest BCUT2D eigenvalue weighted by Crippen LogP contribution is -2.51. The van der Waals surface area contributed by atoms with E-state index in [0.29, 0.717) is 5.02 Å². The maximum absolute atomic E-state index is 13.8. The molecule has 1 N–H and O–H groups in total. The summed E-state index contributed by atoms with van der Waals surface area (Å²) in [5.74, 6) is -1.13. The molecule has 0 bridgehead atoms. The van der Waals surface area contributed by atoms with Crippen molar-refractivity contribution in [3.63, 3.8) is 0 Å². The lowest BCUT2D eigenvalue weighted by Gasteiger charge is -2.31. The Hall–Kier alpha value is -2.60. The lowest BCUT2D eigenvalue weighted by molar-refractivity contribution is -0.142. The minimum atomic E-state index is -0.700. The van der Waals surface area contributed by atoms with Gasteiger partial charge in [-0.1, -0.05) is 55.1 Å². The smallest absolute Gasteiger partial charge is 0.261 e. The number of hydrogen-bond acceptors (Lipinski definition) is 3. The fourth-order valence-electron chi connectivity index (χ4n) is 3.72. The molecule has 2 amide bonds. The summed E-state index contributed by atoms with van der Waals surface area (Å²) in [6, 6.07) is 12.5. The molecule has 0 saturated heterocycles. The molecule has 166 valence electrons. The largest absolute Gasteiger partial charge is 0.481 e. The molecule has 5 nitrogen and oxygen atoms in total. The van der Waals surface area contributed by atoms with E-state index >= 15 is 0 Å². The van der Waals surface area contributed by atoms with Crippen molar-refractivity contribution >= 4 is 23.4 Å². The summed E-state index contributed by atoms with van der Waals surface area (Å²) >= 11 is 5.96. The zero-order valence-electron chi connectivity index (χ0n) is 17.7. The van der Waals surface area contributed by atoms with Crippen molar-refractivity contribution in [2.24, 2.45) is 0 Å². The minimum Gasteiger partial charge on any atom is -0.481 e. The van der Waals surface area contributed by atoms with Crippen molar-refractivity contribution < 1.29 is 18.7 Å². The zero-order valence-corrected chi connectivity index (χ0v) is 18.4. The SMILES string of the molecule is C[C@@H](C(=O)NC1CCCCC1)N(Cc1ccc(Cl)cc1)C(=O)COc1ccccc1F. The number of rotatable bonds is 8. The standard InChI is InChI=1S/C24H28ClFN2O3/c1-17(24(30)27-20-7-3-2-4-8-20)28(15-18-11-13-19(25)14-12-18)23(29)16-31-22-10-6-5-9-21(22)26/h5-6,9-14,17,20H,2-4,7-8,15-16H2,1H3,(H,27,30)/t17-/m0/s1. The maximum Gasteiger partial charge on any atom is 0.261 e. The van der Waals surface area contributed by atoms with Gasteiger partial charge in [0.25, 0.3) is 5.91 Å². The average molecular weight is 447 g/mol. The first kappa shape index (κ1) is 23.1. The summed E-state index contributed by atoms with van der Waals surface area (Å²) < 4.78 is 19.2. The number of halogens is 2. The van der Waals surface area contributed by atoms with Gasteiger partial charge in [0, 0.05) is 17.6 Å². The van der Waals surface area contributed by atoms with Crippen LogP contribution in [0.2, 0.25) is 5.02 Å². The van der Waals surface area contributed by atoms with Crippen LogP contribution >= 0.6 is 11.6 Å². The van der Waals surface area contributed by atoms with Gasteiger partial charge in [0.15, 0.2) is 18.2 Å². The molecule has 0 heterocycles. The van der Waals surface area contributed by atoms with Crippen LogP contribution in [0.3, 0.4) is 0 Å². The number of amides is 2. The van der Waals surface area contributed by atoms with E-state index in [1.165, 1.54) is 23.5 Å². The number of ether oxygens (including phenoxy) is 1. The number of benzene rings is 2. The van der Waals surface area contributed by atoms with Gasteiger partial charge < -0.3 is 15.0 Å². The fraction of sp³-hybridized carbons (Fsp3) is 0.417. The van der Waals surface area contributed by atoms with E-state index in [9.17, 15) is 14.0 Å². The summed E-state index contributed by atoms with van der Waals surface area (Å²) in [6.45, 7) is 1.56. The highest BCUT2D eigenvalue weighted by atomic mass is 35.5. The summed E-state index contributed by atoms with van der Waals surface area (Å²) in [6.07, 6.45) is 5.31. The van der Waals surface area contributed by atoms with Crippen molar-refractivity contribution in [1.29, 1.82) is 0 Å². The van der Waals surface area contributed by atoms with Crippen molar-refractivity contribution in [2.45, 2.75) is 57.7 Å². The molecule has 0 aromatic heterocycles. The summed E-state index contributed by atoms with van der Waals surface area (Å²) in [7, 11) is 0. The third kappa shape index (κ3) is 6.69. The predicted molar refractivity (Wildman–Crippen MR) is 118 cm³/mol. The van der Waals surface area contributed by atoms with Crippen LogP contribution in [0.1, 0.15) is 44.6 Å². The normalized spacial score (nSPS) is 15.2. The van der Waals surface area contributed by atoms with Gasteiger partial charge in [0.1, 0.15) is 6.04 Å². The molecule has 3 rings (SSSR count). The molecule has 1 aliphatic carbocycles. The third-order valence-electron chi connectivity index (χ3n) is 5.57. The first-order valence-corrected chi connectivity index (χ1v) is 11.0. The Morgan fingerprint density at radius 1 is 1.13 bits per heavy atom. The Morgan fingerprint density at radius 3 is 2.48 bits per heavy atom. The first-order valence-electron chi connectivity index (χ1n) is 10.7. The van der Waals surface area contributed by atoms with E-state index in [4.69, 9.17) is 16.3 Å². The molecule has 1 aliphatic rings. The number of nitrogens with one attached hydrogen (secondary N) is 1. The highest BCUT2D eigenvalue weighted by Crippen LogP contribution is 2.19. The van der Waals surface area contributed by atoms with Crippen LogP contribution in [0.5, 0.6) is 5.75 Å². The van der Waals surface area contributed by atoms with Gasteiger partial charge in [-0.05, 0) is 49.6 Å². The van der Waals surface area contributed by atoms with E-state index in [-0.39, 0.29) is 30.9 Å². The van der Waals surface area contributed by atoms with E-state index in [1.807, 2.05) is 12.1 Å². The molecule has 2 aromatic rings. The van der Waals surface area contributed by atoms with E-state index in [2.05, 4.69) is 5.32 Å². The highest BCUT2D eigenvalue weighted by molar-refractivity contribution is 6.30. The molecule has 0 radical (unpaired) electrons. The van der Waals surface area contributed by atoms with Crippen molar-refractivity contribution in [3.8, 4) is 5.75 Å². The van der Waals surface area contributed by atoms with Gasteiger partial charge >= 0.3 is 0 Å². The molecule has 1 atom stereocenters. The quantitative estimate of drug-likeness (QED) is 0.638. The Balaban J connectivity index is 1.70. The Labute approximate surface area is 187 Å². The Kier molecular flexibility index (Phi) is 8.29. The molecule has 7 heteroatoms. The molecule has 1 saturated carbocycles. The second-order valence-corrected chi connectivity index (χ2v) is 8.32. The van der Waals surface area contributed by atoms with Gasteiger partial charge in [0.05, 0.1) is 0 Å². The fourth-order valence-corrected chi connectivity index (χ4v) is 3.85. The minimum absolute atomic E-state index is 0.00148. The monoisotopic (exact) mass is 446 g/mol. The second kappa shape index (κ2) is 11.1. The number of para-hydroxylation sites is 1. The topological polar surface area (TPSA) is 58.6 Å². The van der Waals surface area contributed by atoms with Crippen LogP contribution in [0.25, 0.3) is 0 Å². The first-order chi connectivity index (χ1) is 14.9. The van der Waals surface area contributed by atoms with Gasteiger partial charge in [-0.2, -0.15) is 0 Å². The van der Waals surface area contributed by atoms with E-state index in [0.717, 1.165) is 31.2 Å².